The standard InChI is InChI=1S/C33H51NO2Si/c1-21(2)29-28(30(35)23-13-15-24(16-14-23)31(4,5)6)22(3)27-25(34-29)19-33(17-12-18-33)20-26(27)36-37(10,11)32(7,8)9/h13-16,21,26,30,35H,12,17-20H2,1-11H3/t26?,30-/m1/s1. The molecule has 1 spiro atoms. The zero-order chi connectivity index (χ0) is 27.6. The number of nitrogens with zero attached hydrogens (tertiary/aromatic N) is 1. The van der Waals surface area contributed by atoms with E-state index in [0.29, 0.717) is 5.41 Å². The summed E-state index contributed by atoms with van der Waals surface area (Å²) in [4.78, 5) is 5.37. The third-order valence-corrected chi connectivity index (χ3v) is 14.2. The number of aliphatic hydroxyl groups excluding tert-OH is 1. The fourth-order valence-electron chi connectivity index (χ4n) is 6.11. The minimum atomic E-state index is -1.99. The smallest absolute Gasteiger partial charge is 0.192 e. The molecule has 204 valence electrons. The van der Waals surface area contributed by atoms with E-state index in [1.165, 1.54) is 41.6 Å². The zero-order valence-electron chi connectivity index (χ0n) is 25.4. The van der Waals surface area contributed by atoms with Gasteiger partial charge < -0.3 is 9.53 Å². The van der Waals surface area contributed by atoms with E-state index in [-0.39, 0.29) is 22.5 Å². The molecule has 0 saturated heterocycles. The average molecular weight is 522 g/mol. The molecule has 37 heavy (non-hydrogen) atoms. The molecule has 1 heterocycles. The number of aromatic nitrogens is 1. The molecule has 2 aliphatic rings. The Labute approximate surface area is 227 Å². The Morgan fingerprint density at radius 2 is 1.62 bits per heavy atom. The third kappa shape index (κ3) is 5.36. The minimum absolute atomic E-state index is 0.0628. The highest BCUT2D eigenvalue weighted by Gasteiger charge is 2.48. The van der Waals surface area contributed by atoms with Crippen LogP contribution in [0.5, 0.6) is 0 Å². The van der Waals surface area contributed by atoms with Crippen molar-refractivity contribution in [3.63, 3.8) is 0 Å². The summed E-state index contributed by atoms with van der Waals surface area (Å²) in [5.41, 5.74) is 8.38. The summed E-state index contributed by atoms with van der Waals surface area (Å²) in [6.07, 6.45) is 5.39. The van der Waals surface area contributed by atoms with Gasteiger partial charge in [0, 0.05) is 22.5 Å². The highest BCUT2D eigenvalue weighted by Crippen LogP contribution is 2.56. The van der Waals surface area contributed by atoms with E-state index in [1.807, 2.05) is 0 Å². The number of hydrogen-bond acceptors (Lipinski definition) is 3. The number of fused-ring (bicyclic) bond motifs is 1. The van der Waals surface area contributed by atoms with Crippen LogP contribution >= 0.6 is 0 Å². The zero-order valence-corrected chi connectivity index (χ0v) is 26.4. The van der Waals surface area contributed by atoms with Gasteiger partial charge in [0.2, 0.25) is 0 Å². The number of pyridine rings is 1. The summed E-state index contributed by atoms with van der Waals surface area (Å²) in [7, 11) is -1.99. The van der Waals surface area contributed by atoms with Gasteiger partial charge in [-0.3, -0.25) is 4.98 Å². The first-order valence-electron chi connectivity index (χ1n) is 14.5. The van der Waals surface area contributed by atoms with Crippen LogP contribution in [0.25, 0.3) is 0 Å². The fourth-order valence-corrected chi connectivity index (χ4v) is 7.38. The van der Waals surface area contributed by atoms with Gasteiger partial charge in [0.1, 0.15) is 6.10 Å². The van der Waals surface area contributed by atoms with E-state index in [0.717, 1.165) is 29.7 Å². The maximum Gasteiger partial charge on any atom is 0.192 e. The summed E-state index contributed by atoms with van der Waals surface area (Å²) in [5.74, 6) is 0.238. The van der Waals surface area contributed by atoms with Crippen molar-refractivity contribution >= 4 is 8.32 Å². The molecule has 3 nitrogen and oxygen atoms in total. The van der Waals surface area contributed by atoms with Crippen molar-refractivity contribution < 1.29 is 9.53 Å². The van der Waals surface area contributed by atoms with Crippen molar-refractivity contribution in [2.75, 3.05) is 0 Å². The molecule has 0 bridgehead atoms. The van der Waals surface area contributed by atoms with Crippen LogP contribution in [0.15, 0.2) is 24.3 Å². The second kappa shape index (κ2) is 9.61. The SMILES string of the molecule is Cc1c2c(nc(C(C)C)c1[C@H](O)c1ccc(C(C)(C)C)cc1)CC1(CCC1)CC2O[Si](C)(C)C(C)(C)C. The molecule has 1 unspecified atom stereocenters. The lowest BCUT2D eigenvalue weighted by atomic mass is 9.59. The van der Waals surface area contributed by atoms with Crippen molar-refractivity contribution in [3.05, 3.63) is 63.5 Å². The Kier molecular flexibility index (Phi) is 7.40. The number of aliphatic hydroxyl groups is 1. The van der Waals surface area contributed by atoms with Crippen molar-refractivity contribution in [1.29, 1.82) is 0 Å². The minimum Gasteiger partial charge on any atom is -0.410 e. The molecule has 1 saturated carbocycles. The molecular formula is C33H51NO2Si. The summed E-state index contributed by atoms with van der Waals surface area (Å²) in [6.45, 7) is 25.0. The predicted octanol–water partition coefficient (Wildman–Crippen LogP) is 9.07. The lowest BCUT2D eigenvalue weighted by Crippen LogP contribution is -2.46. The van der Waals surface area contributed by atoms with Gasteiger partial charge in [-0.05, 0) is 84.2 Å². The molecule has 4 heteroatoms. The first-order valence-corrected chi connectivity index (χ1v) is 17.4. The Morgan fingerprint density at radius 1 is 1.03 bits per heavy atom. The number of hydrogen-bond donors (Lipinski definition) is 1. The first kappa shape index (κ1) is 28.5. The predicted molar refractivity (Wildman–Crippen MR) is 158 cm³/mol. The molecule has 1 N–H and O–H groups in total. The molecule has 1 aromatic carbocycles. The van der Waals surface area contributed by atoms with Crippen LogP contribution in [-0.2, 0) is 16.3 Å². The van der Waals surface area contributed by atoms with Gasteiger partial charge in [-0.15, -0.1) is 0 Å². The molecule has 1 fully saturated rings. The van der Waals surface area contributed by atoms with Crippen LogP contribution in [0.3, 0.4) is 0 Å². The third-order valence-electron chi connectivity index (χ3n) is 9.70. The van der Waals surface area contributed by atoms with Gasteiger partial charge >= 0.3 is 0 Å². The van der Waals surface area contributed by atoms with E-state index in [9.17, 15) is 5.11 Å². The van der Waals surface area contributed by atoms with Crippen molar-refractivity contribution in [2.24, 2.45) is 5.41 Å². The quantitative estimate of drug-likeness (QED) is 0.399. The first-order chi connectivity index (χ1) is 17.0. The van der Waals surface area contributed by atoms with Gasteiger partial charge in [-0.25, -0.2) is 0 Å². The summed E-state index contributed by atoms with van der Waals surface area (Å²) in [5, 5.41) is 12.0. The van der Waals surface area contributed by atoms with Gasteiger partial charge in [-0.2, -0.15) is 0 Å². The van der Waals surface area contributed by atoms with Crippen LogP contribution in [0, 0.1) is 12.3 Å². The molecule has 2 aliphatic carbocycles. The topological polar surface area (TPSA) is 42.4 Å². The van der Waals surface area contributed by atoms with Gasteiger partial charge in [-0.1, -0.05) is 86.1 Å². The van der Waals surface area contributed by atoms with Gasteiger partial charge in [0.05, 0.1) is 6.10 Å². The van der Waals surface area contributed by atoms with Gasteiger partial charge in [0.15, 0.2) is 8.32 Å². The van der Waals surface area contributed by atoms with Crippen molar-refractivity contribution in [2.45, 2.75) is 136 Å². The second-order valence-electron chi connectivity index (χ2n) is 14.9. The highest BCUT2D eigenvalue weighted by molar-refractivity contribution is 6.74. The van der Waals surface area contributed by atoms with Crippen LogP contribution in [-0.4, -0.2) is 18.4 Å². The molecule has 4 rings (SSSR count). The molecule has 0 radical (unpaired) electrons. The van der Waals surface area contributed by atoms with E-state index in [4.69, 9.17) is 9.41 Å². The summed E-state index contributed by atoms with van der Waals surface area (Å²) in [6, 6.07) is 8.53. The van der Waals surface area contributed by atoms with Crippen LogP contribution in [0.4, 0.5) is 0 Å². The summed E-state index contributed by atoms with van der Waals surface area (Å²) < 4.78 is 7.19. The fraction of sp³-hybridized carbons (Fsp3) is 0.667. The molecule has 0 aliphatic heterocycles. The lowest BCUT2D eigenvalue weighted by Gasteiger charge is -2.51. The Morgan fingerprint density at radius 3 is 2.08 bits per heavy atom. The van der Waals surface area contributed by atoms with E-state index < -0.39 is 14.4 Å². The molecule has 0 amide bonds. The van der Waals surface area contributed by atoms with Crippen LogP contribution < -0.4 is 0 Å². The van der Waals surface area contributed by atoms with Crippen molar-refractivity contribution in [3.8, 4) is 0 Å². The normalized spacial score (nSPS) is 20.6. The molecule has 2 atom stereocenters. The molecule has 1 aromatic heterocycles. The Hall–Kier alpha value is -1.49. The van der Waals surface area contributed by atoms with E-state index >= 15 is 0 Å². The van der Waals surface area contributed by atoms with E-state index in [2.05, 4.69) is 99.7 Å². The van der Waals surface area contributed by atoms with E-state index in [1.54, 1.807) is 0 Å². The monoisotopic (exact) mass is 521 g/mol. The maximum atomic E-state index is 11.8. The second-order valence-corrected chi connectivity index (χ2v) is 19.7. The van der Waals surface area contributed by atoms with Crippen LogP contribution in [0.1, 0.15) is 138 Å². The average Bonchev–Trinajstić information content (AvgIpc) is 2.75. The lowest BCUT2D eigenvalue weighted by molar-refractivity contribution is 0.0294. The van der Waals surface area contributed by atoms with Gasteiger partial charge in [0.25, 0.3) is 0 Å². The maximum absolute atomic E-state index is 11.8. The highest BCUT2D eigenvalue weighted by atomic mass is 28.4. The van der Waals surface area contributed by atoms with Crippen LogP contribution in [0.2, 0.25) is 18.1 Å². The number of rotatable bonds is 5. The number of benzene rings is 1. The molecular weight excluding hydrogens is 470 g/mol. The van der Waals surface area contributed by atoms with Crippen molar-refractivity contribution in [1.82, 2.24) is 4.98 Å². The molecule has 2 aromatic rings. The largest absolute Gasteiger partial charge is 0.410 e. The summed E-state index contributed by atoms with van der Waals surface area (Å²) >= 11 is 0. The Balaban J connectivity index is 1.84. The Bertz CT molecular complexity index is 1130.